The van der Waals surface area contributed by atoms with Crippen molar-refractivity contribution in [1.29, 1.82) is 0 Å². The van der Waals surface area contributed by atoms with E-state index >= 15 is 0 Å². The Morgan fingerprint density at radius 2 is 1.04 bits per heavy atom. The fourth-order valence-electron chi connectivity index (χ4n) is 7.20. The van der Waals surface area contributed by atoms with E-state index in [-0.39, 0.29) is 0 Å². The summed E-state index contributed by atoms with van der Waals surface area (Å²) < 4.78 is 0. The summed E-state index contributed by atoms with van der Waals surface area (Å²) in [6.07, 6.45) is 8.51. The number of anilines is 2. The number of para-hydroxylation sites is 1. The van der Waals surface area contributed by atoms with Crippen LogP contribution in [0.4, 0.5) is 11.4 Å². The average molecular weight is 702 g/mol. The largest absolute Gasteiger partial charge is 0.337 e. The lowest BCUT2D eigenvalue weighted by molar-refractivity contribution is 1.09. The first-order valence-electron chi connectivity index (χ1n) is 17.6. The number of nitrogens with zero attached hydrogens (tertiary/aromatic N) is 1. The van der Waals surface area contributed by atoms with Crippen LogP contribution in [0.25, 0.3) is 50.1 Å². The fourth-order valence-corrected chi connectivity index (χ4v) is 9.42. The lowest BCUT2D eigenvalue weighted by atomic mass is 9.91. The summed E-state index contributed by atoms with van der Waals surface area (Å²) in [4.78, 5) is 7.37. The molecule has 248 valence electrons. The highest BCUT2D eigenvalue weighted by Crippen LogP contribution is 2.52. The lowest BCUT2D eigenvalue weighted by Gasteiger charge is -2.27. The van der Waals surface area contributed by atoms with Crippen LogP contribution >= 0.6 is 23.5 Å². The number of hydrogen-bond donors (Lipinski definition) is 0. The first-order valence-corrected chi connectivity index (χ1v) is 19.2. The molecule has 52 heavy (non-hydrogen) atoms. The number of hydrogen-bond acceptors (Lipinski definition) is 3. The van der Waals surface area contributed by atoms with Crippen molar-refractivity contribution >= 4 is 40.5 Å². The smallest absolute Gasteiger partial charge is 0.0499 e. The van der Waals surface area contributed by atoms with Crippen LogP contribution in [0.15, 0.2) is 214 Å². The molecule has 1 nitrogen and oxygen atoms in total. The third kappa shape index (κ3) is 6.13. The molecule has 3 heteroatoms. The fraction of sp³-hybridized carbons (Fsp3) is 0.0204. The van der Waals surface area contributed by atoms with Gasteiger partial charge in [0.2, 0.25) is 0 Å². The number of rotatable bonds is 3. The Balaban J connectivity index is 1.28. The van der Waals surface area contributed by atoms with Crippen LogP contribution in [0.2, 0.25) is 0 Å². The molecule has 0 aromatic heterocycles. The topological polar surface area (TPSA) is 3.24 Å². The Morgan fingerprint density at radius 1 is 0.442 bits per heavy atom. The monoisotopic (exact) mass is 701 g/mol. The zero-order chi connectivity index (χ0) is 34.9. The van der Waals surface area contributed by atoms with Gasteiger partial charge in [-0.1, -0.05) is 170 Å². The lowest BCUT2D eigenvalue weighted by Crippen LogP contribution is -2.18. The van der Waals surface area contributed by atoms with Crippen LogP contribution in [0.3, 0.4) is 0 Å². The van der Waals surface area contributed by atoms with E-state index in [2.05, 4.69) is 200 Å². The maximum absolute atomic E-state index is 4.47. The molecule has 0 radical (unpaired) electrons. The SMILES string of the molecule is C=C1/C=C\C=C/CN(c2ccccc2)c2cc(-c3ccc4c(c3)-c3c(cccc3-c3ccccc3)Sc3ccccc3-c3ccccc3S4)ccc21. The summed E-state index contributed by atoms with van der Waals surface area (Å²) in [5.74, 6) is 0. The molecule has 0 atom stereocenters. The number of allylic oxidation sites excluding steroid dienone is 4. The van der Waals surface area contributed by atoms with Crippen LogP contribution in [0, 0.1) is 0 Å². The summed E-state index contributed by atoms with van der Waals surface area (Å²) in [6.45, 7) is 5.22. The summed E-state index contributed by atoms with van der Waals surface area (Å²) >= 11 is 3.72. The van der Waals surface area contributed by atoms with E-state index in [0.717, 1.165) is 29.1 Å². The molecule has 2 aliphatic rings. The zero-order valence-electron chi connectivity index (χ0n) is 28.6. The predicted molar refractivity (Wildman–Crippen MR) is 224 cm³/mol. The third-order valence-electron chi connectivity index (χ3n) is 9.73. The maximum atomic E-state index is 4.47. The van der Waals surface area contributed by atoms with Gasteiger partial charge in [0, 0.05) is 48.6 Å². The Bertz CT molecular complexity index is 2510. The highest BCUT2D eigenvalue weighted by molar-refractivity contribution is 8.00. The second kappa shape index (κ2) is 14.1. The van der Waals surface area contributed by atoms with Crippen LogP contribution in [-0.4, -0.2) is 6.54 Å². The summed E-state index contributed by atoms with van der Waals surface area (Å²) in [5, 5.41) is 0. The minimum Gasteiger partial charge on any atom is -0.337 e. The van der Waals surface area contributed by atoms with E-state index in [1.165, 1.54) is 64.1 Å². The van der Waals surface area contributed by atoms with Crippen molar-refractivity contribution in [3.05, 3.63) is 200 Å². The molecule has 0 saturated heterocycles. The molecule has 7 aromatic rings. The molecule has 0 amide bonds. The van der Waals surface area contributed by atoms with Crippen molar-refractivity contribution in [2.75, 3.05) is 11.4 Å². The quantitative estimate of drug-likeness (QED) is 0.181. The Kier molecular flexibility index (Phi) is 8.74. The highest BCUT2D eigenvalue weighted by atomic mass is 32.2. The molecule has 0 fully saturated rings. The molecule has 0 saturated carbocycles. The van der Waals surface area contributed by atoms with Gasteiger partial charge in [0.25, 0.3) is 0 Å². The summed E-state index contributed by atoms with van der Waals surface area (Å²) in [7, 11) is 0. The van der Waals surface area contributed by atoms with Crippen molar-refractivity contribution in [2.45, 2.75) is 19.6 Å². The van der Waals surface area contributed by atoms with Gasteiger partial charge in [0.1, 0.15) is 0 Å². The molecular formula is C49H35NS2. The molecule has 0 bridgehead atoms. The van der Waals surface area contributed by atoms with E-state index in [9.17, 15) is 0 Å². The van der Waals surface area contributed by atoms with E-state index in [0.29, 0.717) is 0 Å². The third-order valence-corrected chi connectivity index (χ3v) is 12.0. The van der Waals surface area contributed by atoms with Crippen LogP contribution in [0.1, 0.15) is 5.56 Å². The van der Waals surface area contributed by atoms with Crippen molar-refractivity contribution in [3.8, 4) is 44.5 Å². The molecule has 0 aliphatic carbocycles. The highest BCUT2D eigenvalue weighted by Gasteiger charge is 2.23. The van der Waals surface area contributed by atoms with E-state index in [1.54, 1.807) is 0 Å². The molecule has 7 aromatic carbocycles. The second-order valence-corrected chi connectivity index (χ2v) is 15.1. The summed E-state index contributed by atoms with van der Waals surface area (Å²) in [5.41, 5.74) is 14.2. The van der Waals surface area contributed by atoms with Gasteiger partial charge in [-0.25, -0.2) is 0 Å². The van der Waals surface area contributed by atoms with Crippen molar-refractivity contribution < 1.29 is 0 Å². The van der Waals surface area contributed by atoms with Gasteiger partial charge in [0.15, 0.2) is 0 Å². The molecule has 9 rings (SSSR count). The molecule has 0 N–H and O–H groups in total. The second-order valence-electron chi connectivity index (χ2n) is 12.9. The Morgan fingerprint density at radius 3 is 1.81 bits per heavy atom. The van der Waals surface area contributed by atoms with Gasteiger partial charge < -0.3 is 4.90 Å². The van der Waals surface area contributed by atoms with Gasteiger partial charge in [-0.05, 0) is 93.0 Å². The molecule has 0 unspecified atom stereocenters. The van der Waals surface area contributed by atoms with Gasteiger partial charge >= 0.3 is 0 Å². The standard InChI is InChI=1S/C49H35NS2/c1-34-16-5-4-14-31-50(38-19-8-3-9-20-38)44-33-37(27-29-39(34)44)36-28-30-47-43(32-36)49-40(35-17-6-2-7-18-35)23-15-26-48(49)52-46-25-13-11-22-42(46)41-21-10-12-24-45(41)51-47/h2-30,32-33H,1,31H2/b14-4-,16-5-. The Labute approximate surface area is 314 Å². The average Bonchev–Trinajstić information content (AvgIpc) is 3.28. The first-order chi connectivity index (χ1) is 25.7. The van der Waals surface area contributed by atoms with E-state index in [4.69, 9.17) is 0 Å². The minimum atomic E-state index is 0.755. The molecular weight excluding hydrogens is 667 g/mol. The van der Waals surface area contributed by atoms with Crippen LogP contribution in [0.5, 0.6) is 0 Å². The number of fused-ring (bicyclic) bond motifs is 7. The first kappa shape index (κ1) is 32.2. The van der Waals surface area contributed by atoms with E-state index in [1.807, 2.05) is 23.5 Å². The van der Waals surface area contributed by atoms with E-state index < -0.39 is 0 Å². The van der Waals surface area contributed by atoms with Gasteiger partial charge in [-0.15, -0.1) is 0 Å². The van der Waals surface area contributed by atoms with Crippen LogP contribution in [-0.2, 0) is 0 Å². The maximum Gasteiger partial charge on any atom is 0.0499 e. The van der Waals surface area contributed by atoms with Crippen LogP contribution < -0.4 is 4.90 Å². The van der Waals surface area contributed by atoms with Crippen molar-refractivity contribution in [3.63, 3.8) is 0 Å². The van der Waals surface area contributed by atoms with Gasteiger partial charge in [0.05, 0.1) is 0 Å². The molecule has 2 aliphatic heterocycles. The predicted octanol–water partition coefficient (Wildman–Crippen LogP) is 14.2. The minimum absolute atomic E-state index is 0.755. The van der Waals surface area contributed by atoms with Crippen molar-refractivity contribution in [2.24, 2.45) is 0 Å². The van der Waals surface area contributed by atoms with Gasteiger partial charge in [-0.2, -0.15) is 0 Å². The summed E-state index contributed by atoms with van der Waals surface area (Å²) in [6, 6.07) is 59.8. The normalized spacial score (nSPS) is 14.6. The molecule has 2 heterocycles. The molecule has 0 spiro atoms. The van der Waals surface area contributed by atoms with Crippen molar-refractivity contribution in [1.82, 2.24) is 0 Å². The zero-order valence-corrected chi connectivity index (χ0v) is 30.2. The van der Waals surface area contributed by atoms with Gasteiger partial charge in [-0.3, -0.25) is 0 Å². The number of benzene rings is 7. The Hall–Kier alpha value is -5.74.